The van der Waals surface area contributed by atoms with E-state index >= 15 is 0 Å². The summed E-state index contributed by atoms with van der Waals surface area (Å²) in [6.45, 7) is 11.1. The Morgan fingerprint density at radius 3 is 2.33 bits per heavy atom. The van der Waals surface area contributed by atoms with Gasteiger partial charge in [-0.1, -0.05) is 27.7 Å². The molecule has 6 unspecified atom stereocenters. The third-order valence-electron chi connectivity index (χ3n) is 11.5. The van der Waals surface area contributed by atoms with Gasteiger partial charge in [-0.2, -0.15) is 0 Å². The highest BCUT2D eigenvalue weighted by Crippen LogP contribution is 2.74. The number of ether oxygens (including phenoxy) is 1. The number of rotatable bonds is 2. The van der Waals surface area contributed by atoms with Crippen LogP contribution in [0.15, 0.2) is 17.7 Å². The second-order valence-electron chi connectivity index (χ2n) is 13.2. The predicted octanol–water partition coefficient (Wildman–Crippen LogP) is 5.88. The van der Waals surface area contributed by atoms with E-state index in [0.29, 0.717) is 11.8 Å². The van der Waals surface area contributed by atoms with E-state index in [0.717, 1.165) is 50.5 Å². The summed E-state index contributed by atoms with van der Waals surface area (Å²) in [5, 5.41) is 20.8. The number of fused-ring (bicyclic) bond motifs is 7. The Bertz CT molecular complexity index is 1230. The molecule has 0 heterocycles. The average Bonchev–Trinajstić information content (AvgIpc) is 2.84. The van der Waals surface area contributed by atoms with E-state index in [1.165, 1.54) is 13.2 Å². The summed E-state index contributed by atoms with van der Waals surface area (Å²) in [6.07, 6.45) is 8.32. The van der Waals surface area contributed by atoms with Crippen LogP contribution in [0.2, 0.25) is 0 Å². The minimum Gasteiger partial charge on any atom is -0.504 e. The highest BCUT2D eigenvalue weighted by molar-refractivity contribution is 6.13. The van der Waals surface area contributed by atoms with Crippen molar-refractivity contribution in [2.45, 2.75) is 85.0 Å². The van der Waals surface area contributed by atoms with Crippen molar-refractivity contribution in [2.75, 3.05) is 7.11 Å². The first-order valence-corrected chi connectivity index (χ1v) is 13.1. The number of carbonyl (C=O) groups is 3. The summed E-state index contributed by atoms with van der Waals surface area (Å²) >= 11 is 0. The molecular formula is C30H38O6. The van der Waals surface area contributed by atoms with Crippen molar-refractivity contribution in [2.24, 2.45) is 27.6 Å². The van der Waals surface area contributed by atoms with E-state index in [-0.39, 0.29) is 50.8 Å². The number of methoxy groups -OCH3 is 1. The summed E-state index contributed by atoms with van der Waals surface area (Å²) in [5.41, 5.74) is 0.337. The Labute approximate surface area is 213 Å². The third kappa shape index (κ3) is 2.87. The Morgan fingerprint density at radius 1 is 1.03 bits per heavy atom. The van der Waals surface area contributed by atoms with Gasteiger partial charge in [0.2, 0.25) is 0 Å². The maximum Gasteiger partial charge on any atom is 0.311 e. The number of phenolic OH excluding ortho intramolecular Hbond substituents is 2. The molecule has 0 spiro atoms. The predicted molar refractivity (Wildman–Crippen MR) is 135 cm³/mol. The lowest BCUT2D eigenvalue weighted by molar-refractivity contribution is -0.179. The number of hydrogen-bond acceptors (Lipinski definition) is 6. The lowest BCUT2D eigenvalue weighted by Crippen LogP contribution is -2.62. The molecule has 3 saturated carbocycles. The van der Waals surface area contributed by atoms with E-state index in [2.05, 4.69) is 27.7 Å². The van der Waals surface area contributed by atoms with Crippen molar-refractivity contribution in [1.82, 2.24) is 0 Å². The molecule has 194 valence electrons. The van der Waals surface area contributed by atoms with Gasteiger partial charge in [-0.15, -0.1) is 0 Å². The van der Waals surface area contributed by atoms with Crippen molar-refractivity contribution in [3.8, 4) is 11.5 Å². The van der Waals surface area contributed by atoms with Gasteiger partial charge in [-0.3, -0.25) is 14.4 Å². The van der Waals surface area contributed by atoms with Gasteiger partial charge in [0.25, 0.3) is 0 Å². The molecule has 4 aliphatic rings. The first kappa shape index (κ1) is 25.0. The standard InChI is InChI=1S/C30H38O6/c1-26-7-8-27(2,25(35)36-6)15-22(26)30(5)12-10-28(3)18-13-20(33)24(34)17(16-31)23(18)19(32)14-21(28)29(30,4)11-9-26/h13-14,16,22,33-34H,7-12,15H2,1-6H3. The Kier molecular flexibility index (Phi) is 5.18. The zero-order chi connectivity index (χ0) is 26.5. The smallest absolute Gasteiger partial charge is 0.311 e. The first-order chi connectivity index (χ1) is 16.7. The summed E-state index contributed by atoms with van der Waals surface area (Å²) in [7, 11) is 1.47. The molecule has 36 heavy (non-hydrogen) atoms. The van der Waals surface area contributed by atoms with Gasteiger partial charge >= 0.3 is 5.97 Å². The highest BCUT2D eigenvalue weighted by atomic mass is 16.5. The van der Waals surface area contributed by atoms with Crippen LogP contribution >= 0.6 is 0 Å². The average molecular weight is 495 g/mol. The van der Waals surface area contributed by atoms with Crippen molar-refractivity contribution in [3.05, 3.63) is 34.4 Å². The Hall–Kier alpha value is -2.63. The molecule has 3 fully saturated rings. The van der Waals surface area contributed by atoms with Crippen molar-refractivity contribution >= 4 is 18.0 Å². The molecule has 6 atom stereocenters. The number of hydrogen-bond donors (Lipinski definition) is 2. The molecule has 2 N–H and O–H groups in total. The number of ketones is 1. The Balaban J connectivity index is 1.67. The van der Waals surface area contributed by atoms with E-state index in [1.807, 2.05) is 6.92 Å². The fraction of sp³-hybridized carbons (Fsp3) is 0.633. The zero-order valence-corrected chi connectivity index (χ0v) is 22.3. The van der Waals surface area contributed by atoms with Crippen LogP contribution < -0.4 is 0 Å². The monoisotopic (exact) mass is 494 g/mol. The topological polar surface area (TPSA) is 101 Å². The van der Waals surface area contributed by atoms with Crippen LogP contribution in [0.4, 0.5) is 0 Å². The van der Waals surface area contributed by atoms with Gasteiger partial charge < -0.3 is 14.9 Å². The van der Waals surface area contributed by atoms with Gasteiger partial charge in [0, 0.05) is 11.0 Å². The molecule has 1 aromatic rings. The van der Waals surface area contributed by atoms with Gasteiger partial charge in [0.1, 0.15) is 0 Å². The van der Waals surface area contributed by atoms with E-state index in [4.69, 9.17) is 4.74 Å². The number of benzene rings is 1. The van der Waals surface area contributed by atoms with Gasteiger partial charge in [0.05, 0.1) is 18.1 Å². The molecule has 4 aliphatic carbocycles. The van der Waals surface area contributed by atoms with Gasteiger partial charge in [0.15, 0.2) is 23.6 Å². The van der Waals surface area contributed by atoms with Gasteiger partial charge in [-0.05, 0) is 97.3 Å². The number of phenols is 2. The minimum absolute atomic E-state index is 0.113. The molecule has 0 amide bonds. The summed E-state index contributed by atoms with van der Waals surface area (Å²) in [4.78, 5) is 38.2. The van der Waals surface area contributed by atoms with Crippen molar-refractivity contribution in [3.63, 3.8) is 0 Å². The second-order valence-corrected chi connectivity index (χ2v) is 13.2. The molecule has 6 nitrogen and oxygen atoms in total. The second kappa shape index (κ2) is 7.45. The fourth-order valence-electron chi connectivity index (χ4n) is 8.91. The molecule has 0 bridgehead atoms. The van der Waals surface area contributed by atoms with E-state index in [1.54, 1.807) is 6.08 Å². The van der Waals surface area contributed by atoms with Crippen LogP contribution in [-0.4, -0.2) is 35.4 Å². The van der Waals surface area contributed by atoms with E-state index < -0.39 is 16.6 Å². The maximum absolute atomic E-state index is 13.5. The molecule has 0 aliphatic heterocycles. The van der Waals surface area contributed by atoms with E-state index in [9.17, 15) is 24.6 Å². The normalized spacial score (nSPS) is 41.2. The molecule has 6 heteroatoms. The number of esters is 1. The van der Waals surface area contributed by atoms with Crippen LogP contribution in [0.25, 0.3) is 0 Å². The SMILES string of the molecule is COC(=O)C1(C)CCC2(C)CCC3(C)C4=CC(=O)c5c(cc(O)c(O)c5C=O)C4(C)CCC3(C)C2C1. The largest absolute Gasteiger partial charge is 0.504 e. The molecular weight excluding hydrogens is 456 g/mol. The molecule has 0 aromatic heterocycles. The summed E-state index contributed by atoms with van der Waals surface area (Å²) in [6, 6.07) is 1.48. The zero-order valence-electron chi connectivity index (χ0n) is 22.3. The first-order valence-electron chi connectivity index (χ1n) is 13.1. The molecule has 1 aromatic carbocycles. The van der Waals surface area contributed by atoms with Gasteiger partial charge in [-0.25, -0.2) is 0 Å². The highest BCUT2D eigenvalue weighted by Gasteiger charge is 2.67. The van der Waals surface area contributed by atoms with Crippen LogP contribution in [-0.2, 0) is 14.9 Å². The lowest BCUT2D eigenvalue weighted by Gasteiger charge is -2.69. The number of aldehydes is 1. The number of carbonyl (C=O) groups excluding carboxylic acids is 3. The lowest BCUT2D eigenvalue weighted by atomic mass is 9.34. The maximum atomic E-state index is 13.5. The summed E-state index contributed by atoms with van der Waals surface area (Å²) in [5.74, 6) is -1.07. The molecule has 0 saturated heterocycles. The van der Waals surface area contributed by atoms with Crippen LogP contribution in [0.3, 0.4) is 0 Å². The Morgan fingerprint density at radius 2 is 1.69 bits per heavy atom. The van der Waals surface area contributed by atoms with Crippen LogP contribution in [0.5, 0.6) is 11.5 Å². The molecule has 5 rings (SSSR count). The summed E-state index contributed by atoms with van der Waals surface area (Å²) < 4.78 is 5.23. The van der Waals surface area contributed by atoms with Crippen molar-refractivity contribution in [1.29, 1.82) is 0 Å². The van der Waals surface area contributed by atoms with Crippen LogP contribution in [0, 0.1) is 27.6 Å². The van der Waals surface area contributed by atoms with Crippen molar-refractivity contribution < 1.29 is 29.3 Å². The fourth-order valence-corrected chi connectivity index (χ4v) is 8.91. The van der Waals surface area contributed by atoms with Crippen LogP contribution in [0.1, 0.15) is 106 Å². The minimum atomic E-state index is -0.547. The third-order valence-corrected chi connectivity index (χ3v) is 11.5. The quantitative estimate of drug-likeness (QED) is 0.303. The molecule has 0 radical (unpaired) electrons. The number of aromatic hydroxyl groups is 2. The number of allylic oxidation sites excluding steroid dienone is 2.